The summed E-state index contributed by atoms with van der Waals surface area (Å²) in [7, 11) is 0. The number of pyridine rings is 1. The van der Waals surface area contributed by atoms with Crippen molar-refractivity contribution in [2.75, 3.05) is 17.6 Å². The maximum atomic E-state index is 10.5. The minimum absolute atomic E-state index is 0.0196. The normalized spacial score (nSPS) is 12.1. The number of carbonyl (C=O) groups is 1. The molecule has 1 atom stereocenters. The van der Waals surface area contributed by atoms with Gasteiger partial charge in [0, 0.05) is 0 Å². The van der Waals surface area contributed by atoms with Gasteiger partial charge in [0.05, 0.1) is 6.54 Å². The second-order valence-corrected chi connectivity index (χ2v) is 2.75. The number of aliphatic hydroxyl groups is 1. The van der Waals surface area contributed by atoms with E-state index in [2.05, 4.69) is 10.3 Å². The van der Waals surface area contributed by atoms with E-state index in [0.717, 1.165) is 0 Å². The molecule has 76 valence electrons. The van der Waals surface area contributed by atoms with E-state index in [1.54, 1.807) is 18.2 Å². The second kappa shape index (κ2) is 4.43. The molecule has 1 heterocycles. The highest BCUT2D eigenvalue weighted by molar-refractivity contribution is 5.79. The summed E-state index contributed by atoms with van der Waals surface area (Å²) in [4.78, 5) is 14.4. The van der Waals surface area contributed by atoms with Gasteiger partial charge < -0.3 is 21.9 Å². The van der Waals surface area contributed by atoms with Crippen LogP contribution in [-0.4, -0.2) is 28.6 Å². The standard InChI is InChI=1S/C8H12N4O2/c9-6-2-1-3-7(12-6)11-4-5(13)8(10)14/h1-3,5,13H,4H2,(H2,10,14)(H3,9,11,12). The Bertz CT molecular complexity index is 329. The van der Waals surface area contributed by atoms with Crippen LogP contribution in [-0.2, 0) is 4.79 Å². The second-order valence-electron chi connectivity index (χ2n) is 2.75. The molecule has 1 unspecified atom stereocenters. The minimum atomic E-state index is -1.22. The summed E-state index contributed by atoms with van der Waals surface area (Å²) in [5.41, 5.74) is 10.3. The molecule has 0 aliphatic carbocycles. The van der Waals surface area contributed by atoms with Crippen LogP contribution < -0.4 is 16.8 Å². The van der Waals surface area contributed by atoms with E-state index in [9.17, 15) is 4.79 Å². The highest BCUT2D eigenvalue weighted by Crippen LogP contribution is 2.05. The van der Waals surface area contributed by atoms with Crippen LogP contribution in [0.5, 0.6) is 0 Å². The predicted octanol–water partition coefficient (Wildman–Crippen LogP) is -1.08. The molecule has 0 aliphatic rings. The van der Waals surface area contributed by atoms with Crippen molar-refractivity contribution in [1.82, 2.24) is 4.98 Å². The van der Waals surface area contributed by atoms with E-state index >= 15 is 0 Å². The van der Waals surface area contributed by atoms with Gasteiger partial charge in [-0.05, 0) is 12.1 Å². The number of nitrogens with one attached hydrogen (secondary N) is 1. The maximum absolute atomic E-state index is 10.5. The summed E-state index contributed by atoms with van der Waals surface area (Å²) in [5.74, 6) is 0.0790. The SMILES string of the molecule is NC(=O)C(O)CNc1cccc(N)n1. The van der Waals surface area contributed by atoms with Crippen molar-refractivity contribution in [1.29, 1.82) is 0 Å². The number of nitrogens with zero attached hydrogens (tertiary/aromatic N) is 1. The molecule has 1 rings (SSSR count). The topological polar surface area (TPSA) is 114 Å². The van der Waals surface area contributed by atoms with Gasteiger partial charge in [-0.3, -0.25) is 4.79 Å². The lowest BCUT2D eigenvalue weighted by Crippen LogP contribution is -2.34. The average molecular weight is 196 g/mol. The molecule has 0 saturated carbocycles. The van der Waals surface area contributed by atoms with Crippen LogP contribution in [0.3, 0.4) is 0 Å². The Labute approximate surface area is 80.9 Å². The lowest BCUT2D eigenvalue weighted by atomic mass is 10.3. The summed E-state index contributed by atoms with van der Waals surface area (Å²) in [5, 5.41) is 11.8. The molecule has 0 fully saturated rings. The third kappa shape index (κ3) is 2.91. The van der Waals surface area contributed by atoms with E-state index in [4.69, 9.17) is 16.6 Å². The Balaban J connectivity index is 2.49. The van der Waals surface area contributed by atoms with E-state index in [-0.39, 0.29) is 6.54 Å². The van der Waals surface area contributed by atoms with Crippen LogP contribution in [0, 0.1) is 0 Å². The van der Waals surface area contributed by atoms with Crippen LogP contribution in [0.15, 0.2) is 18.2 Å². The molecule has 1 aromatic heterocycles. The number of aromatic nitrogens is 1. The largest absolute Gasteiger partial charge is 0.384 e. The molecule has 0 radical (unpaired) electrons. The predicted molar refractivity (Wildman–Crippen MR) is 52.3 cm³/mol. The zero-order valence-electron chi connectivity index (χ0n) is 7.47. The number of amides is 1. The number of hydrogen-bond donors (Lipinski definition) is 4. The molecule has 14 heavy (non-hydrogen) atoms. The van der Waals surface area contributed by atoms with Gasteiger partial charge in [0.25, 0.3) is 0 Å². The van der Waals surface area contributed by atoms with Crippen molar-refractivity contribution < 1.29 is 9.90 Å². The molecule has 0 spiro atoms. The highest BCUT2D eigenvalue weighted by Gasteiger charge is 2.09. The van der Waals surface area contributed by atoms with Crippen molar-refractivity contribution in [2.24, 2.45) is 5.73 Å². The number of anilines is 2. The van der Waals surface area contributed by atoms with Gasteiger partial charge in [-0.25, -0.2) is 4.98 Å². The molecule has 0 aromatic carbocycles. The van der Waals surface area contributed by atoms with E-state index in [1.807, 2.05) is 0 Å². The number of hydrogen-bond acceptors (Lipinski definition) is 5. The zero-order chi connectivity index (χ0) is 10.6. The molecular weight excluding hydrogens is 184 g/mol. The fourth-order valence-corrected chi connectivity index (χ4v) is 0.852. The molecule has 1 aromatic rings. The number of nitrogen functional groups attached to an aromatic ring is 1. The molecule has 6 heteroatoms. The van der Waals surface area contributed by atoms with Gasteiger partial charge >= 0.3 is 0 Å². The fourth-order valence-electron chi connectivity index (χ4n) is 0.852. The first-order valence-electron chi connectivity index (χ1n) is 4.03. The molecule has 0 bridgehead atoms. The first-order chi connectivity index (χ1) is 6.59. The first-order valence-corrected chi connectivity index (χ1v) is 4.03. The Kier molecular flexibility index (Phi) is 3.24. The summed E-state index contributed by atoms with van der Waals surface area (Å²) in [6.45, 7) is 0.0196. The first kappa shape index (κ1) is 10.3. The van der Waals surface area contributed by atoms with Crippen molar-refractivity contribution in [3.63, 3.8) is 0 Å². The highest BCUT2D eigenvalue weighted by atomic mass is 16.3. The van der Waals surface area contributed by atoms with Crippen molar-refractivity contribution in [3.8, 4) is 0 Å². The number of aliphatic hydroxyl groups excluding tert-OH is 1. The third-order valence-corrected chi connectivity index (χ3v) is 1.58. The molecule has 0 saturated heterocycles. The average Bonchev–Trinajstić information content (AvgIpc) is 2.14. The van der Waals surface area contributed by atoms with E-state index in [1.165, 1.54) is 0 Å². The van der Waals surface area contributed by atoms with Gasteiger partial charge in [-0.1, -0.05) is 6.07 Å². The quantitative estimate of drug-likeness (QED) is 0.489. The number of nitrogens with two attached hydrogens (primary N) is 2. The molecular formula is C8H12N4O2. The van der Waals surface area contributed by atoms with Crippen LogP contribution in [0.25, 0.3) is 0 Å². The lowest BCUT2D eigenvalue weighted by molar-refractivity contribution is -0.125. The molecule has 0 aliphatic heterocycles. The fraction of sp³-hybridized carbons (Fsp3) is 0.250. The summed E-state index contributed by atoms with van der Waals surface area (Å²) in [6.07, 6.45) is -1.22. The lowest BCUT2D eigenvalue weighted by Gasteiger charge is -2.08. The number of rotatable bonds is 4. The van der Waals surface area contributed by atoms with E-state index in [0.29, 0.717) is 11.6 Å². The molecule has 1 amide bonds. The van der Waals surface area contributed by atoms with Crippen molar-refractivity contribution in [2.45, 2.75) is 6.10 Å². The van der Waals surface area contributed by atoms with Crippen LogP contribution in [0.2, 0.25) is 0 Å². The van der Waals surface area contributed by atoms with Crippen molar-refractivity contribution in [3.05, 3.63) is 18.2 Å². The molecule has 6 N–H and O–H groups in total. The monoisotopic (exact) mass is 196 g/mol. The minimum Gasteiger partial charge on any atom is -0.384 e. The van der Waals surface area contributed by atoms with Gasteiger partial charge in [0.15, 0.2) is 0 Å². The van der Waals surface area contributed by atoms with Gasteiger partial charge in [0.2, 0.25) is 5.91 Å². The summed E-state index contributed by atoms with van der Waals surface area (Å²) >= 11 is 0. The Hall–Kier alpha value is -1.82. The van der Waals surface area contributed by atoms with Crippen LogP contribution in [0.4, 0.5) is 11.6 Å². The number of primary amides is 1. The van der Waals surface area contributed by atoms with E-state index < -0.39 is 12.0 Å². The Morgan fingerprint density at radius 1 is 1.64 bits per heavy atom. The maximum Gasteiger partial charge on any atom is 0.248 e. The van der Waals surface area contributed by atoms with Crippen LogP contribution >= 0.6 is 0 Å². The van der Waals surface area contributed by atoms with Gasteiger partial charge in [-0.15, -0.1) is 0 Å². The van der Waals surface area contributed by atoms with Gasteiger partial charge in [0.1, 0.15) is 17.7 Å². The Morgan fingerprint density at radius 3 is 2.93 bits per heavy atom. The zero-order valence-corrected chi connectivity index (χ0v) is 7.47. The summed E-state index contributed by atoms with van der Waals surface area (Å²) < 4.78 is 0. The van der Waals surface area contributed by atoms with Crippen LogP contribution in [0.1, 0.15) is 0 Å². The molecule has 6 nitrogen and oxygen atoms in total. The van der Waals surface area contributed by atoms with Crippen molar-refractivity contribution >= 4 is 17.5 Å². The number of carbonyl (C=O) groups excluding carboxylic acids is 1. The van der Waals surface area contributed by atoms with Gasteiger partial charge in [-0.2, -0.15) is 0 Å². The smallest absolute Gasteiger partial charge is 0.248 e. The third-order valence-electron chi connectivity index (χ3n) is 1.58. The Morgan fingerprint density at radius 2 is 2.36 bits per heavy atom. The summed E-state index contributed by atoms with van der Waals surface area (Å²) in [6, 6.07) is 5.01.